The summed E-state index contributed by atoms with van der Waals surface area (Å²) >= 11 is 0. The molecule has 2 aliphatic rings. The van der Waals surface area contributed by atoms with Crippen molar-refractivity contribution in [3.8, 4) is 22.8 Å². The van der Waals surface area contributed by atoms with E-state index in [1.54, 1.807) is 0 Å². The van der Waals surface area contributed by atoms with Crippen LogP contribution in [0.5, 0.6) is 11.5 Å². The van der Waals surface area contributed by atoms with Crippen LogP contribution in [0, 0.1) is 5.41 Å². The zero-order chi connectivity index (χ0) is 30.3. The molecule has 2 saturated heterocycles. The molecule has 11 heteroatoms. The molecular formula is C32H38FN7O3. The number of para-hydroxylation sites is 1. The van der Waals surface area contributed by atoms with E-state index in [1.807, 2.05) is 80.1 Å². The van der Waals surface area contributed by atoms with Crippen LogP contribution in [0.1, 0.15) is 46.1 Å². The predicted octanol–water partition coefficient (Wildman–Crippen LogP) is 6.01. The lowest BCUT2D eigenvalue weighted by Gasteiger charge is -2.50. The molecule has 2 aromatic heterocycles. The second kappa shape index (κ2) is 11.4. The van der Waals surface area contributed by atoms with Crippen molar-refractivity contribution in [3.63, 3.8) is 0 Å². The van der Waals surface area contributed by atoms with Gasteiger partial charge in [0.15, 0.2) is 5.65 Å². The van der Waals surface area contributed by atoms with E-state index in [9.17, 15) is 9.90 Å². The van der Waals surface area contributed by atoms with Gasteiger partial charge in [0, 0.05) is 31.2 Å². The molecule has 0 aliphatic carbocycles. The van der Waals surface area contributed by atoms with Crippen LogP contribution in [-0.2, 0) is 0 Å². The summed E-state index contributed by atoms with van der Waals surface area (Å²) in [7, 11) is 0. The number of likely N-dealkylation sites (tertiary alicyclic amines) is 2. The van der Waals surface area contributed by atoms with Gasteiger partial charge in [0.05, 0.1) is 17.5 Å². The Morgan fingerprint density at radius 2 is 1.65 bits per heavy atom. The Hall–Kier alpha value is -4.25. The number of piperidine rings is 2. The van der Waals surface area contributed by atoms with Gasteiger partial charge in [0.25, 0.3) is 0 Å². The number of ether oxygens (including phenoxy) is 1. The average Bonchev–Trinajstić information content (AvgIpc) is 3.38. The van der Waals surface area contributed by atoms with Gasteiger partial charge in [-0.3, -0.25) is 4.90 Å². The highest BCUT2D eigenvalue weighted by Gasteiger charge is 2.48. The summed E-state index contributed by atoms with van der Waals surface area (Å²) in [6, 6.07) is 16.4. The number of aromatic nitrogens is 4. The Morgan fingerprint density at radius 1 is 0.977 bits per heavy atom. The number of amides is 1. The number of nitrogens with two attached hydrogens (primary N) is 1. The molecule has 2 aromatic carbocycles. The summed E-state index contributed by atoms with van der Waals surface area (Å²) in [5, 5.41) is 15.4. The Morgan fingerprint density at radius 3 is 2.30 bits per heavy atom. The van der Waals surface area contributed by atoms with Crippen LogP contribution in [0.25, 0.3) is 22.3 Å². The molecule has 226 valence electrons. The summed E-state index contributed by atoms with van der Waals surface area (Å²) in [4.78, 5) is 24.2. The first-order valence-electron chi connectivity index (χ1n) is 14.8. The summed E-state index contributed by atoms with van der Waals surface area (Å²) < 4.78 is 23.9. The number of carbonyl (C=O) groups is 1. The van der Waals surface area contributed by atoms with Crippen molar-refractivity contribution in [1.29, 1.82) is 0 Å². The standard InChI is InChI=1S/C32H38FN7O3/c1-32(2,3)28-26(33)24(15-18-39(28)31(41)42)38-16-13-21(14-17-38)40-30-25(29(34)35-19-36-30)27(37-40)20-9-11-23(12-10-20)43-22-7-5-4-6-8-22/h4-12,19,21,24,26,28H,13-18H2,1-3H3,(H,41,42)(H2,34,35,36). The van der Waals surface area contributed by atoms with Crippen molar-refractivity contribution in [2.75, 3.05) is 25.4 Å². The molecule has 10 nitrogen and oxygen atoms in total. The van der Waals surface area contributed by atoms with Crippen molar-refractivity contribution in [3.05, 3.63) is 60.9 Å². The molecule has 0 radical (unpaired) electrons. The summed E-state index contributed by atoms with van der Waals surface area (Å²) in [5.74, 6) is 1.84. The molecule has 0 saturated carbocycles. The van der Waals surface area contributed by atoms with E-state index in [0.717, 1.165) is 24.2 Å². The van der Waals surface area contributed by atoms with Gasteiger partial charge in [-0.25, -0.2) is 23.8 Å². The maximum atomic E-state index is 16.0. The first-order chi connectivity index (χ1) is 20.6. The SMILES string of the molecule is CC(C)(C)C1C(F)C(N2CCC(n3nc(-c4ccc(Oc5ccccc5)cc4)c4c(N)ncnc43)CC2)CCN1C(=O)O. The van der Waals surface area contributed by atoms with Crippen molar-refractivity contribution in [2.24, 2.45) is 5.41 Å². The normalized spacial score (nSPS) is 22.1. The molecule has 2 fully saturated rings. The smallest absolute Gasteiger partial charge is 0.407 e. The van der Waals surface area contributed by atoms with E-state index < -0.39 is 23.7 Å². The molecular weight excluding hydrogens is 549 g/mol. The minimum Gasteiger partial charge on any atom is -0.465 e. The fourth-order valence-corrected chi connectivity index (χ4v) is 6.72. The fourth-order valence-electron chi connectivity index (χ4n) is 6.72. The lowest BCUT2D eigenvalue weighted by atomic mass is 9.77. The second-order valence-corrected chi connectivity index (χ2v) is 12.5. The van der Waals surface area contributed by atoms with Crippen molar-refractivity contribution < 1.29 is 19.0 Å². The number of fused-ring (bicyclic) bond motifs is 1. The number of hydrogen-bond acceptors (Lipinski definition) is 7. The van der Waals surface area contributed by atoms with Crippen LogP contribution in [0.15, 0.2) is 60.9 Å². The van der Waals surface area contributed by atoms with Crippen molar-refractivity contribution in [2.45, 2.75) is 64.3 Å². The topological polar surface area (TPSA) is 123 Å². The van der Waals surface area contributed by atoms with E-state index in [0.29, 0.717) is 54.3 Å². The van der Waals surface area contributed by atoms with E-state index in [1.165, 1.54) is 11.2 Å². The lowest BCUT2D eigenvalue weighted by molar-refractivity contribution is -0.0485. The highest BCUT2D eigenvalue weighted by atomic mass is 19.1. The number of alkyl halides is 1. The number of rotatable bonds is 5. The van der Waals surface area contributed by atoms with Crippen LogP contribution >= 0.6 is 0 Å². The molecule has 0 bridgehead atoms. The van der Waals surface area contributed by atoms with Gasteiger partial charge in [-0.1, -0.05) is 39.0 Å². The number of halogens is 1. The number of carboxylic acid groups (broad SMARTS) is 1. The van der Waals surface area contributed by atoms with Gasteiger partial charge < -0.3 is 20.5 Å². The van der Waals surface area contributed by atoms with Gasteiger partial charge in [-0.05, 0) is 61.1 Å². The first kappa shape index (κ1) is 28.9. The van der Waals surface area contributed by atoms with Gasteiger partial charge >= 0.3 is 6.09 Å². The van der Waals surface area contributed by atoms with Crippen LogP contribution < -0.4 is 10.5 Å². The largest absolute Gasteiger partial charge is 0.465 e. The molecule has 3 unspecified atom stereocenters. The number of benzene rings is 2. The quantitative estimate of drug-likeness (QED) is 0.291. The van der Waals surface area contributed by atoms with Crippen molar-refractivity contribution in [1.82, 2.24) is 29.5 Å². The zero-order valence-electron chi connectivity index (χ0n) is 24.7. The number of hydrogen-bond donors (Lipinski definition) is 2. The van der Waals surface area contributed by atoms with E-state index in [4.69, 9.17) is 15.6 Å². The first-order valence-corrected chi connectivity index (χ1v) is 14.8. The molecule has 4 aromatic rings. The Kier molecular flexibility index (Phi) is 7.68. The summed E-state index contributed by atoms with van der Waals surface area (Å²) in [6.45, 7) is 7.43. The molecule has 3 atom stereocenters. The lowest BCUT2D eigenvalue weighted by Crippen LogP contribution is -2.63. The number of nitrogen functional groups attached to an aromatic ring is 1. The molecule has 3 N–H and O–H groups in total. The van der Waals surface area contributed by atoms with Crippen LogP contribution in [0.3, 0.4) is 0 Å². The monoisotopic (exact) mass is 587 g/mol. The molecule has 0 spiro atoms. The molecule has 1 amide bonds. The third-order valence-corrected chi connectivity index (χ3v) is 8.74. The number of nitrogens with zero attached hydrogens (tertiary/aromatic N) is 6. The minimum absolute atomic E-state index is 0.0538. The van der Waals surface area contributed by atoms with E-state index in [-0.39, 0.29) is 12.1 Å². The molecule has 2 aliphatic heterocycles. The van der Waals surface area contributed by atoms with Gasteiger partial charge in [0.1, 0.15) is 35.5 Å². The summed E-state index contributed by atoms with van der Waals surface area (Å²) in [6.07, 6.45) is 1.14. The van der Waals surface area contributed by atoms with Gasteiger partial charge in [0.2, 0.25) is 0 Å². The summed E-state index contributed by atoms with van der Waals surface area (Å²) in [5.41, 5.74) is 8.11. The predicted molar refractivity (Wildman–Crippen MR) is 163 cm³/mol. The van der Waals surface area contributed by atoms with Crippen LogP contribution in [0.2, 0.25) is 0 Å². The second-order valence-electron chi connectivity index (χ2n) is 12.5. The Labute approximate surface area is 250 Å². The van der Waals surface area contributed by atoms with Gasteiger partial charge in [-0.15, -0.1) is 0 Å². The van der Waals surface area contributed by atoms with Crippen molar-refractivity contribution >= 4 is 22.9 Å². The highest BCUT2D eigenvalue weighted by Crippen LogP contribution is 2.39. The number of anilines is 1. The molecule has 4 heterocycles. The van der Waals surface area contributed by atoms with E-state index >= 15 is 4.39 Å². The Balaban J connectivity index is 1.21. The Bertz CT molecular complexity index is 1580. The van der Waals surface area contributed by atoms with Crippen LogP contribution in [0.4, 0.5) is 15.0 Å². The van der Waals surface area contributed by atoms with E-state index in [2.05, 4.69) is 14.9 Å². The van der Waals surface area contributed by atoms with Crippen LogP contribution in [-0.4, -0.2) is 78.6 Å². The van der Waals surface area contributed by atoms with Gasteiger partial charge in [-0.2, -0.15) is 5.10 Å². The average molecular weight is 588 g/mol. The highest BCUT2D eigenvalue weighted by molar-refractivity contribution is 5.98. The fraction of sp³-hybridized carbons (Fsp3) is 0.438. The maximum absolute atomic E-state index is 16.0. The minimum atomic E-state index is -1.26. The zero-order valence-corrected chi connectivity index (χ0v) is 24.7. The third kappa shape index (κ3) is 5.61. The molecule has 6 rings (SSSR count). The molecule has 43 heavy (non-hydrogen) atoms. The maximum Gasteiger partial charge on any atom is 0.407 e. The third-order valence-electron chi connectivity index (χ3n) is 8.74.